The summed E-state index contributed by atoms with van der Waals surface area (Å²) in [7, 11) is 1.39. The number of carbonyl (C=O) groups is 3. The van der Waals surface area contributed by atoms with Crippen LogP contribution in [0.25, 0.3) is 10.2 Å². The van der Waals surface area contributed by atoms with E-state index in [2.05, 4.69) is 20.4 Å². The molecule has 0 unspecified atom stereocenters. The van der Waals surface area contributed by atoms with E-state index in [1.165, 1.54) is 26.1 Å². The van der Waals surface area contributed by atoms with Crippen molar-refractivity contribution in [1.82, 2.24) is 15.2 Å². The molecule has 1 aromatic carbocycles. The topological polar surface area (TPSA) is 101 Å². The Kier molecular flexibility index (Phi) is 6.20. The third kappa shape index (κ3) is 6.40. The fraction of sp³-hybridized carbons (Fsp3) is 0.333. The number of ether oxygens (including phenoxy) is 1. The minimum atomic E-state index is -4.80. The van der Waals surface area contributed by atoms with Gasteiger partial charge in [-0.05, 0) is 12.1 Å². The lowest BCUT2D eigenvalue weighted by atomic mass is 10.3. The van der Waals surface area contributed by atoms with Gasteiger partial charge in [0.25, 0.3) is 0 Å². The molecule has 0 fully saturated rings. The number of alkyl halides is 3. The molecule has 146 valence electrons. The molecule has 12 heteroatoms. The smallest absolute Gasteiger partial charge is 0.406 e. The van der Waals surface area contributed by atoms with Gasteiger partial charge in [-0.1, -0.05) is 11.3 Å². The van der Waals surface area contributed by atoms with Gasteiger partial charge in [0.1, 0.15) is 5.75 Å². The summed E-state index contributed by atoms with van der Waals surface area (Å²) in [4.78, 5) is 39.7. The van der Waals surface area contributed by atoms with Crippen molar-refractivity contribution in [2.45, 2.75) is 13.3 Å². The summed E-state index contributed by atoms with van der Waals surface area (Å²) in [6.45, 7) is 0.747. The summed E-state index contributed by atoms with van der Waals surface area (Å²) < 4.78 is 41.0. The first-order valence-electron chi connectivity index (χ1n) is 7.48. The Morgan fingerprint density at radius 3 is 2.63 bits per heavy atom. The van der Waals surface area contributed by atoms with Gasteiger partial charge < -0.3 is 20.3 Å². The van der Waals surface area contributed by atoms with Gasteiger partial charge in [-0.2, -0.15) is 0 Å². The zero-order chi connectivity index (χ0) is 20.2. The van der Waals surface area contributed by atoms with E-state index in [1.807, 2.05) is 0 Å². The van der Waals surface area contributed by atoms with Crippen molar-refractivity contribution < 1.29 is 32.3 Å². The number of thiazole rings is 1. The molecule has 3 amide bonds. The standard InChI is InChI=1S/C15H15F3N4O4S/c1-8(23)19-6-13(25)22(2)7-12(24)21-14-20-10-4-3-9(5-11(10)27-14)26-15(16,17)18/h3-5H,6-7H2,1-2H3,(H,19,23)(H,20,21,24). The number of aromatic nitrogens is 1. The minimum Gasteiger partial charge on any atom is -0.406 e. The van der Waals surface area contributed by atoms with E-state index in [9.17, 15) is 27.6 Å². The van der Waals surface area contributed by atoms with E-state index in [4.69, 9.17) is 0 Å². The Morgan fingerprint density at radius 1 is 1.30 bits per heavy atom. The van der Waals surface area contributed by atoms with Gasteiger partial charge in [-0.3, -0.25) is 14.4 Å². The van der Waals surface area contributed by atoms with Gasteiger partial charge in [-0.25, -0.2) is 4.98 Å². The number of rotatable bonds is 6. The van der Waals surface area contributed by atoms with Crippen molar-refractivity contribution in [3.63, 3.8) is 0 Å². The van der Waals surface area contributed by atoms with Crippen molar-refractivity contribution in [2.24, 2.45) is 0 Å². The number of likely N-dealkylation sites (N-methyl/N-ethyl adjacent to an activating group) is 1. The van der Waals surface area contributed by atoms with Crippen molar-refractivity contribution in [3.8, 4) is 5.75 Å². The van der Waals surface area contributed by atoms with E-state index >= 15 is 0 Å². The van der Waals surface area contributed by atoms with Crippen LogP contribution in [0.3, 0.4) is 0 Å². The fourth-order valence-electron chi connectivity index (χ4n) is 1.95. The normalized spacial score (nSPS) is 11.1. The second-order valence-electron chi connectivity index (χ2n) is 5.40. The van der Waals surface area contributed by atoms with Crippen molar-refractivity contribution >= 4 is 44.4 Å². The Hall–Kier alpha value is -2.89. The lowest BCUT2D eigenvalue weighted by Gasteiger charge is -2.16. The molecule has 0 aliphatic rings. The quantitative estimate of drug-likeness (QED) is 0.764. The number of halogens is 3. The first-order chi connectivity index (χ1) is 12.5. The average Bonchev–Trinajstić information content (AvgIpc) is 2.91. The summed E-state index contributed by atoms with van der Waals surface area (Å²) in [6, 6.07) is 3.63. The third-order valence-electron chi connectivity index (χ3n) is 3.13. The highest BCUT2D eigenvalue weighted by atomic mass is 32.1. The van der Waals surface area contributed by atoms with Crippen LogP contribution in [0.1, 0.15) is 6.92 Å². The number of anilines is 1. The van der Waals surface area contributed by atoms with E-state index in [1.54, 1.807) is 0 Å². The minimum absolute atomic E-state index is 0.168. The van der Waals surface area contributed by atoms with E-state index in [0.29, 0.717) is 10.2 Å². The summed E-state index contributed by atoms with van der Waals surface area (Å²) in [5, 5.41) is 4.97. The van der Waals surface area contributed by atoms with Gasteiger partial charge in [0.15, 0.2) is 5.13 Å². The van der Waals surface area contributed by atoms with Gasteiger partial charge in [-0.15, -0.1) is 13.2 Å². The van der Waals surface area contributed by atoms with Crippen LogP contribution in [0.15, 0.2) is 18.2 Å². The fourth-order valence-corrected chi connectivity index (χ4v) is 2.86. The summed E-state index contributed by atoms with van der Waals surface area (Å²) in [5.41, 5.74) is 0.389. The maximum atomic E-state index is 12.3. The molecule has 2 aromatic rings. The summed E-state index contributed by atoms with van der Waals surface area (Å²) in [5.74, 6) is -1.76. The molecule has 0 bridgehead atoms. The molecular weight excluding hydrogens is 389 g/mol. The number of hydrogen-bond donors (Lipinski definition) is 2. The van der Waals surface area contributed by atoms with Crippen LogP contribution in [-0.4, -0.2) is 54.1 Å². The lowest BCUT2D eigenvalue weighted by Crippen LogP contribution is -2.41. The maximum Gasteiger partial charge on any atom is 0.573 e. The van der Waals surface area contributed by atoms with Gasteiger partial charge >= 0.3 is 6.36 Å². The van der Waals surface area contributed by atoms with E-state index in [0.717, 1.165) is 22.3 Å². The largest absolute Gasteiger partial charge is 0.573 e. The number of hydrogen-bond acceptors (Lipinski definition) is 6. The molecule has 0 radical (unpaired) electrons. The first-order valence-corrected chi connectivity index (χ1v) is 8.30. The molecule has 2 rings (SSSR count). The number of amides is 3. The Balaban J connectivity index is 1.98. The van der Waals surface area contributed by atoms with Crippen LogP contribution in [0.5, 0.6) is 5.75 Å². The predicted molar refractivity (Wildman–Crippen MR) is 91.3 cm³/mol. The molecule has 1 aromatic heterocycles. The number of carbonyl (C=O) groups excluding carboxylic acids is 3. The second-order valence-corrected chi connectivity index (χ2v) is 6.43. The SMILES string of the molecule is CC(=O)NCC(=O)N(C)CC(=O)Nc1nc2ccc(OC(F)(F)F)cc2s1. The number of fused-ring (bicyclic) bond motifs is 1. The van der Waals surface area contributed by atoms with Crippen LogP contribution in [-0.2, 0) is 14.4 Å². The van der Waals surface area contributed by atoms with Crippen LogP contribution in [0.4, 0.5) is 18.3 Å². The van der Waals surface area contributed by atoms with E-state index in [-0.39, 0.29) is 29.9 Å². The predicted octanol–water partition coefficient (Wildman–Crippen LogP) is 1.73. The summed E-state index contributed by atoms with van der Waals surface area (Å²) >= 11 is 0.965. The van der Waals surface area contributed by atoms with Crippen LogP contribution >= 0.6 is 11.3 Å². The van der Waals surface area contributed by atoms with Crippen LogP contribution < -0.4 is 15.4 Å². The highest BCUT2D eigenvalue weighted by Crippen LogP contribution is 2.31. The van der Waals surface area contributed by atoms with Crippen molar-refractivity contribution in [3.05, 3.63) is 18.2 Å². The maximum absolute atomic E-state index is 12.3. The molecule has 0 atom stereocenters. The molecular formula is C15H15F3N4O4S. The zero-order valence-electron chi connectivity index (χ0n) is 14.2. The average molecular weight is 404 g/mol. The zero-order valence-corrected chi connectivity index (χ0v) is 15.0. The van der Waals surface area contributed by atoms with Crippen LogP contribution in [0.2, 0.25) is 0 Å². The number of nitrogens with one attached hydrogen (secondary N) is 2. The monoisotopic (exact) mass is 404 g/mol. The lowest BCUT2D eigenvalue weighted by molar-refractivity contribution is -0.274. The highest BCUT2D eigenvalue weighted by molar-refractivity contribution is 7.22. The molecule has 0 spiro atoms. The third-order valence-corrected chi connectivity index (χ3v) is 4.07. The molecule has 27 heavy (non-hydrogen) atoms. The van der Waals surface area contributed by atoms with Gasteiger partial charge in [0, 0.05) is 20.0 Å². The van der Waals surface area contributed by atoms with Crippen molar-refractivity contribution in [2.75, 3.05) is 25.5 Å². The Morgan fingerprint density at radius 2 is 2.00 bits per heavy atom. The molecule has 0 saturated carbocycles. The Labute approximate surface area is 155 Å². The molecule has 0 saturated heterocycles. The van der Waals surface area contributed by atoms with Gasteiger partial charge in [0.05, 0.1) is 23.3 Å². The number of benzene rings is 1. The molecule has 0 aliphatic heterocycles. The number of nitrogens with zero attached hydrogens (tertiary/aromatic N) is 2. The molecule has 8 nitrogen and oxygen atoms in total. The van der Waals surface area contributed by atoms with Crippen molar-refractivity contribution in [1.29, 1.82) is 0 Å². The molecule has 2 N–H and O–H groups in total. The summed E-state index contributed by atoms with van der Waals surface area (Å²) in [6.07, 6.45) is -4.80. The molecule has 0 aliphatic carbocycles. The van der Waals surface area contributed by atoms with Crippen LogP contribution in [0, 0.1) is 0 Å². The highest BCUT2D eigenvalue weighted by Gasteiger charge is 2.31. The Bertz CT molecular complexity index is 868. The second kappa shape index (κ2) is 8.20. The first kappa shape index (κ1) is 20.4. The van der Waals surface area contributed by atoms with E-state index < -0.39 is 18.2 Å². The molecule has 1 heterocycles. The van der Waals surface area contributed by atoms with Gasteiger partial charge in [0.2, 0.25) is 17.7 Å².